The summed E-state index contributed by atoms with van der Waals surface area (Å²) >= 11 is 7.75. The van der Waals surface area contributed by atoms with Crippen molar-refractivity contribution in [3.63, 3.8) is 0 Å². The molecule has 2 aromatic heterocycles. The second-order valence-electron chi connectivity index (χ2n) is 8.98. The monoisotopic (exact) mass is 601 g/mol. The summed E-state index contributed by atoms with van der Waals surface area (Å²) in [7, 11) is 0. The number of esters is 1. The maximum atomic E-state index is 13.0. The highest BCUT2D eigenvalue weighted by Gasteiger charge is 2.21. The zero-order chi connectivity index (χ0) is 29.6. The molecule has 0 aliphatic heterocycles. The molecule has 0 radical (unpaired) electrons. The number of nitrogens with zero attached hydrogens (tertiary/aromatic N) is 1. The van der Waals surface area contributed by atoms with E-state index in [1.165, 1.54) is 23.8 Å². The van der Waals surface area contributed by atoms with Gasteiger partial charge < -0.3 is 19.2 Å². The fourth-order valence-electron chi connectivity index (χ4n) is 3.94. The fraction of sp³-hybridized carbons (Fsp3) is 0.0968. The Morgan fingerprint density at radius 2 is 1.81 bits per heavy atom. The summed E-state index contributed by atoms with van der Waals surface area (Å²) in [4.78, 5) is 37.9. The Balaban J connectivity index is 1.22. The van der Waals surface area contributed by atoms with E-state index in [0.29, 0.717) is 39.1 Å². The quantitative estimate of drug-likeness (QED) is 0.0805. The SMILES string of the molecule is CCOc1cc(/C=N\NC(=O)c2ccc(NC(=O)c3ccco3)cc2)ccc1OC(=O)c1sc2cc(C)ccc2c1Cl. The van der Waals surface area contributed by atoms with Crippen molar-refractivity contribution in [1.29, 1.82) is 0 Å². The van der Waals surface area contributed by atoms with Crippen molar-refractivity contribution in [2.45, 2.75) is 13.8 Å². The molecule has 9 nitrogen and oxygen atoms in total. The number of carbonyl (C=O) groups excluding carboxylic acids is 3. The Bertz CT molecular complexity index is 1800. The lowest BCUT2D eigenvalue weighted by atomic mass is 10.2. The highest BCUT2D eigenvalue weighted by molar-refractivity contribution is 7.21. The van der Waals surface area contributed by atoms with Crippen LogP contribution in [0.2, 0.25) is 5.02 Å². The summed E-state index contributed by atoms with van der Waals surface area (Å²) in [5.74, 6) is -0.678. The van der Waals surface area contributed by atoms with Crippen molar-refractivity contribution in [1.82, 2.24) is 5.43 Å². The maximum absolute atomic E-state index is 13.0. The molecule has 0 bridgehead atoms. The van der Waals surface area contributed by atoms with Crippen LogP contribution in [0.15, 0.2) is 88.6 Å². The summed E-state index contributed by atoms with van der Waals surface area (Å²) in [6, 6.07) is 20.2. The highest BCUT2D eigenvalue weighted by atomic mass is 35.5. The number of ether oxygens (including phenoxy) is 2. The largest absolute Gasteiger partial charge is 0.490 e. The molecule has 11 heteroatoms. The summed E-state index contributed by atoms with van der Waals surface area (Å²) in [6.07, 6.45) is 2.85. The number of thiophene rings is 1. The summed E-state index contributed by atoms with van der Waals surface area (Å²) in [5, 5.41) is 7.85. The molecule has 0 spiro atoms. The number of aryl methyl sites for hydroxylation is 1. The molecule has 0 atom stereocenters. The first-order valence-corrected chi connectivity index (χ1v) is 14.0. The van der Waals surface area contributed by atoms with Gasteiger partial charge in [0.2, 0.25) is 0 Å². The zero-order valence-electron chi connectivity index (χ0n) is 22.5. The van der Waals surface area contributed by atoms with E-state index in [0.717, 1.165) is 15.6 Å². The number of rotatable bonds is 9. The number of hydrogen-bond acceptors (Lipinski definition) is 8. The van der Waals surface area contributed by atoms with E-state index < -0.39 is 17.8 Å². The molecule has 0 unspecified atom stereocenters. The van der Waals surface area contributed by atoms with Crippen LogP contribution in [0.5, 0.6) is 11.5 Å². The number of nitrogens with one attached hydrogen (secondary N) is 2. The van der Waals surface area contributed by atoms with Gasteiger partial charge in [-0.05, 0) is 85.6 Å². The highest BCUT2D eigenvalue weighted by Crippen LogP contribution is 2.37. The molecule has 42 heavy (non-hydrogen) atoms. The standard InChI is InChI=1S/C31H24ClN3O6S/c1-3-39-25-16-19(7-13-23(25)41-31(38)28-27(32)22-12-6-18(2)15-26(22)42-28)17-33-35-29(36)20-8-10-21(11-9-20)34-30(37)24-5-4-14-40-24/h4-17H,3H2,1-2H3,(H,34,37)(H,35,36)/b33-17-. The second kappa shape index (κ2) is 12.7. The number of fused-ring (bicyclic) bond motifs is 1. The van der Waals surface area contributed by atoms with Gasteiger partial charge in [-0.25, -0.2) is 10.2 Å². The van der Waals surface area contributed by atoms with Gasteiger partial charge in [0.25, 0.3) is 11.8 Å². The van der Waals surface area contributed by atoms with Crippen molar-refractivity contribution in [3.8, 4) is 11.5 Å². The predicted octanol–water partition coefficient (Wildman–Crippen LogP) is 7.09. The van der Waals surface area contributed by atoms with Crippen molar-refractivity contribution in [2.24, 2.45) is 5.10 Å². The Morgan fingerprint density at radius 1 is 1.00 bits per heavy atom. The molecule has 2 N–H and O–H groups in total. The lowest BCUT2D eigenvalue weighted by Gasteiger charge is -2.11. The van der Waals surface area contributed by atoms with Crippen LogP contribution in [-0.2, 0) is 0 Å². The average Bonchev–Trinajstić information content (AvgIpc) is 3.63. The third kappa shape index (κ3) is 6.51. The second-order valence-corrected chi connectivity index (χ2v) is 10.4. The smallest absolute Gasteiger partial charge is 0.355 e. The van der Waals surface area contributed by atoms with Gasteiger partial charge in [0.05, 0.1) is 24.1 Å². The molecule has 2 heterocycles. The van der Waals surface area contributed by atoms with Crippen molar-refractivity contribution < 1.29 is 28.3 Å². The molecule has 5 aromatic rings. The number of hydrogen-bond donors (Lipinski definition) is 2. The van der Waals surface area contributed by atoms with Gasteiger partial charge in [-0.15, -0.1) is 11.3 Å². The first kappa shape index (κ1) is 28.6. The van der Waals surface area contributed by atoms with E-state index in [9.17, 15) is 14.4 Å². The van der Waals surface area contributed by atoms with E-state index >= 15 is 0 Å². The van der Waals surface area contributed by atoms with Crippen molar-refractivity contribution in [3.05, 3.63) is 111 Å². The van der Waals surface area contributed by atoms with Crippen LogP contribution < -0.4 is 20.2 Å². The summed E-state index contributed by atoms with van der Waals surface area (Å²) in [5.41, 5.74) is 4.98. The number of hydrazone groups is 1. The third-order valence-corrected chi connectivity index (χ3v) is 7.61. The van der Waals surface area contributed by atoms with Crippen molar-refractivity contribution >= 4 is 62.7 Å². The topological polar surface area (TPSA) is 119 Å². The maximum Gasteiger partial charge on any atom is 0.355 e. The van der Waals surface area contributed by atoms with Crippen LogP contribution in [0, 0.1) is 6.92 Å². The van der Waals surface area contributed by atoms with Crippen LogP contribution in [0.1, 0.15) is 48.6 Å². The number of carbonyl (C=O) groups is 3. The van der Waals surface area contributed by atoms with Gasteiger partial charge in [-0.1, -0.05) is 23.7 Å². The van der Waals surface area contributed by atoms with E-state index in [2.05, 4.69) is 15.8 Å². The van der Waals surface area contributed by atoms with Gasteiger partial charge in [0, 0.05) is 21.3 Å². The number of halogens is 1. The van der Waals surface area contributed by atoms with Crippen LogP contribution in [0.3, 0.4) is 0 Å². The van der Waals surface area contributed by atoms with Crippen LogP contribution >= 0.6 is 22.9 Å². The van der Waals surface area contributed by atoms with Crippen LogP contribution in [-0.4, -0.2) is 30.6 Å². The number of anilines is 1. The Hall–Kier alpha value is -4.93. The molecule has 0 aliphatic carbocycles. The molecule has 0 saturated heterocycles. The zero-order valence-corrected chi connectivity index (χ0v) is 24.0. The average molecular weight is 602 g/mol. The molecule has 212 valence electrons. The van der Waals surface area contributed by atoms with E-state index in [4.69, 9.17) is 25.5 Å². The Labute approximate surface area is 249 Å². The fourth-order valence-corrected chi connectivity index (χ4v) is 5.43. The van der Waals surface area contributed by atoms with Crippen LogP contribution in [0.4, 0.5) is 5.69 Å². The first-order valence-electron chi connectivity index (χ1n) is 12.8. The van der Waals surface area contributed by atoms with E-state index in [1.54, 1.807) is 54.6 Å². The third-order valence-electron chi connectivity index (χ3n) is 5.97. The van der Waals surface area contributed by atoms with Gasteiger partial charge in [0.15, 0.2) is 17.3 Å². The normalized spacial score (nSPS) is 11.0. The van der Waals surface area contributed by atoms with E-state index in [1.807, 2.05) is 32.0 Å². The molecular weight excluding hydrogens is 578 g/mol. The number of amides is 2. The Kier molecular flexibility index (Phi) is 8.66. The van der Waals surface area contributed by atoms with Gasteiger partial charge in [-0.2, -0.15) is 5.10 Å². The van der Waals surface area contributed by atoms with Gasteiger partial charge >= 0.3 is 5.97 Å². The predicted molar refractivity (Wildman–Crippen MR) is 162 cm³/mol. The molecule has 2 amide bonds. The molecular formula is C31H24ClN3O6S. The lowest BCUT2D eigenvalue weighted by Crippen LogP contribution is -2.17. The number of furan rings is 1. The van der Waals surface area contributed by atoms with E-state index in [-0.39, 0.29) is 11.5 Å². The lowest BCUT2D eigenvalue weighted by molar-refractivity contribution is 0.0733. The molecule has 0 aliphatic rings. The first-order chi connectivity index (χ1) is 20.3. The molecule has 5 rings (SSSR count). The minimum Gasteiger partial charge on any atom is -0.490 e. The van der Waals surface area contributed by atoms with Gasteiger partial charge in [-0.3, -0.25) is 9.59 Å². The summed E-state index contributed by atoms with van der Waals surface area (Å²) < 4.78 is 17.3. The molecule has 0 saturated carbocycles. The van der Waals surface area contributed by atoms with Gasteiger partial charge in [0.1, 0.15) is 4.88 Å². The number of benzene rings is 3. The molecule has 3 aromatic carbocycles. The minimum atomic E-state index is -0.583. The summed E-state index contributed by atoms with van der Waals surface area (Å²) in [6.45, 7) is 4.12. The Morgan fingerprint density at radius 3 is 2.55 bits per heavy atom. The molecule has 0 fully saturated rings. The minimum absolute atomic E-state index is 0.181. The van der Waals surface area contributed by atoms with Crippen molar-refractivity contribution in [2.75, 3.05) is 11.9 Å². The van der Waals surface area contributed by atoms with Crippen LogP contribution in [0.25, 0.3) is 10.1 Å².